The van der Waals surface area contributed by atoms with Crippen LogP contribution < -0.4 is 4.74 Å². The molecule has 0 amide bonds. The first-order valence-electron chi connectivity index (χ1n) is 6.45. The fourth-order valence-electron chi connectivity index (χ4n) is 1.82. The Bertz CT molecular complexity index is 731. The van der Waals surface area contributed by atoms with E-state index in [0.29, 0.717) is 22.5 Å². The number of halogens is 1. The summed E-state index contributed by atoms with van der Waals surface area (Å²) < 4.78 is 5.93. The largest absolute Gasteiger partial charge is 0.502 e. The first-order chi connectivity index (χ1) is 10.5. The van der Waals surface area contributed by atoms with Crippen molar-refractivity contribution < 1.29 is 14.8 Å². The number of hydrogen-bond acceptors (Lipinski definition) is 5. The minimum Gasteiger partial charge on any atom is -0.502 e. The average Bonchev–Trinajstić information content (AvgIpc) is 2.49. The normalized spacial score (nSPS) is 10.8. The van der Waals surface area contributed by atoms with E-state index in [1.807, 2.05) is 13.0 Å². The Morgan fingerprint density at radius 1 is 1.41 bits per heavy atom. The van der Waals surface area contributed by atoms with Gasteiger partial charge in [0.1, 0.15) is 11.4 Å². The molecule has 0 aliphatic rings. The number of aromatic hydroxyl groups is 1. The number of phenolic OH excluding ortho intramolecular Hbond substituents is 1. The van der Waals surface area contributed by atoms with Crippen LogP contribution >= 0.6 is 15.9 Å². The van der Waals surface area contributed by atoms with Crippen molar-refractivity contribution in [2.24, 2.45) is 4.99 Å². The zero-order chi connectivity index (χ0) is 16.1. The van der Waals surface area contributed by atoms with E-state index in [1.165, 1.54) is 12.3 Å². The van der Waals surface area contributed by atoms with Gasteiger partial charge < -0.3 is 9.84 Å². The molecule has 0 bridgehead atoms. The van der Waals surface area contributed by atoms with Crippen molar-refractivity contribution in [1.29, 1.82) is 0 Å². The minimum atomic E-state index is -0.647. The lowest BCUT2D eigenvalue weighted by atomic mass is 10.2. The van der Waals surface area contributed by atoms with Crippen molar-refractivity contribution >= 4 is 33.5 Å². The van der Waals surface area contributed by atoms with E-state index < -0.39 is 10.7 Å². The van der Waals surface area contributed by atoms with E-state index in [1.54, 1.807) is 24.3 Å². The summed E-state index contributed by atoms with van der Waals surface area (Å²) in [6, 6.07) is 9.95. The molecule has 0 unspecified atom stereocenters. The number of para-hydroxylation sites is 2. The van der Waals surface area contributed by atoms with Crippen LogP contribution in [0.1, 0.15) is 12.5 Å². The summed E-state index contributed by atoms with van der Waals surface area (Å²) in [5.41, 5.74) is 0.438. The number of nitro groups is 1. The predicted molar refractivity (Wildman–Crippen MR) is 87.3 cm³/mol. The Kier molecular flexibility index (Phi) is 5.11. The zero-order valence-electron chi connectivity index (χ0n) is 11.7. The molecular weight excluding hydrogens is 352 g/mol. The number of phenols is 1. The smallest absolute Gasteiger partial charge is 0.312 e. The van der Waals surface area contributed by atoms with Crippen LogP contribution in [-0.2, 0) is 0 Å². The Morgan fingerprint density at radius 3 is 2.82 bits per heavy atom. The molecule has 0 spiro atoms. The lowest BCUT2D eigenvalue weighted by Gasteiger charge is -2.06. The number of benzene rings is 2. The molecule has 1 N–H and O–H groups in total. The standard InChI is InChI=1S/C15H13BrN2O4/c1-2-22-14-6-4-3-5-12(14)17-9-10-7-11(16)8-13(15(10)19)18(20)21/h3-9,19H,2H2,1H3/b17-9+. The second-order valence-corrected chi connectivity index (χ2v) is 5.19. The number of ether oxygens (including phenoxy) is 1. The summed E-state index contributed by atoms with van der Waals surface area (Å²) in [6.45, 7) is 2.37. The molecule has 2 rings (SSSR count). The number of nitro benzene ring substituents is 1. The molecule has 0 aliphatic heterocycles. The third-order valence-corrected chi connectivity index (χ3v) is 3.25. The quantitative estimate of drug-likeness (QED) is 0.489. The fourth-order valence-corrected chi connectivity index (χ4v) is 2.29. The monoisotopic (exact) mass is 364 g/mol. The van der Waals surface area contributed by atoms with Crippen LogP contribution in [0.15, 0.2) is 45.9 Å². The molecule has 0 saturated heterocycles. The Morgan fingerprint density at radius 2 is 2.14 bits per heavy atom. The summed E-state index contributed by atoms with van der Waals surface area (Å²) in [7, 11) is 0. The maximum absolute atomic E-state index is 10.9. The lowest BCUT2D eigenvalue weighted by Crippen LogP contribution is -1.93. The number of rotatable bonds is 5. The van der Waals surface area contributed by atoms with Gasteiger partial charge in [-0.3, -0.25) is 15.1 Å². The third kappa shape index (κ3) is 3.62. The Balaban J connectivity index is 2.41. The molecule has 7 heteroatoms. The van der Waals surface area contributed by atoms with Crippen LogP contribution in [0, 0.1) is 10.1 Å². The highest BCUT2D eigenvalue weighted by Crippen LogP contribution is 2.33. The number of hydrogen-bond donors (Lipinski definition) is 1. The van der Waals surface area contributed by atoms with E-state index in [9.17, 15) is 15.2 Å². The van der Waals surface area contributed by atoms with Crippen molar-refractivity contribution in [3.8, 4) is 11.5 Å². The highest BCUT2D eigenvalue weighted by atomic mass is 79.9. The van der Waals surface area contributed by atoms with Gasteiger partial charge in [-0.05, 0) is 25.1 Å². The minimum absolute atomic E-state index is 0.243. The third-order valence-electron chi connectivity index (χ3n) is 2.79. The second-order valence-electron chi connectivity index (χ2n) is 4.28. The molecule has 114 valence electrons. The van der Waals surface area contributed by atoms with E-state index in [0.717, 1.165) is 0 Å². The van der Waals surface area contributed by atoms with Gasteiger partial charge in [-0.25, -0.2) is 0 Å². The summed E-state index contributed by atoms with van der Waals surface area (Å²) in [6.07, 6.45) is 1.37. The lowest BCUT2D eigenvalue weighted by molar-refractivity contribution is -0.385. The van der Waals surface area contributed by atoms with Crippen LogP contribution in [0.2, 0.25) is 0 Å². The van der Waals surface area contributed by atoms with Crippen molar-refractivity contribution in [2.45, 2.75) is 6.92 Å². The van der Waals surface area contributed by atoms with Gasteiger partial charge in [0.05, 0.1) is 11.5 Å². The van der Waals surface area contributed by atoms with Crippen molar-refractivity contribution in [3.63, 3.8) is 0 Å². The first kappa shape index (κ1) is 16.0. The van der Waals surface area contributed by atoms with Gasteiger partial charge in [-0.2, -0.15) is 0 Å². The van der Waals surface area contributed by atoms with Gasteiger partial charge >= 0.3 is 5.69 Å². The van der Waals surface area contributed by atoms with Gasteiger partial charge in [0.2, 0.25) is 5.75 Å². The van der Waals surface area contributed by atoms with Gasteiger partial charge in [0.15, 0.2) is 0 Å². The number of nitrogens with zero attached hydrogens (tertiary/aromatic N) is 2. The molecule has 22 heavy (non-hydrogen) atoms. The van der Waals surface area contributed by atoms with Crippen LogP contribution in [0.5, 0.6) is 11.5 Å². The highest BCUT2D eigenvalue weighted by molar-refractivity contribution is 9.10. The molecule has 0 fully saturated rings. The summed E-state index contributed by atoms with van der Waals surface area (Å²) >= 11 is 3.18. The molecular formula is C15H13BrN2O4. The number of aliphatic imine (C=N–C) groups is 1. The molecule has 0 atom stereocenters. The summed E-state index contributed by atoms with van der Waals surface area (Å²) in [4.78, 5) is 14.5. The van der Waals surface area contributed by atoms with Crippen LogP contribution in [0.4, 0.5) is 11.4 Å². The zero-order valence-corrected chi connectivity index (χ0v) is 13.3. The molecule has 2 aromatic carbocycles. The molecule has 6 nitrogen and oxygen atoms in total. The SMILES string of the molecule is CCOc1ccccc1/N=C/c1cc(Br)cc([N+](=O)[O-])c1O. The van der Waals surface area contributed by atoms with Crippen LogP contribution in [0.3, 0.4) is 0 Å². The Labute approximate surface area is 135 Å². The van der Waals surface area contributed by atoms with E-state index in [4.69, 9.17) is 4.74 Å². The van der Waals surface area contributed by atoms with Crippen LogP contribution in [-0.4, -0.2) is 22.9 Å². The van der Waals surface area contributed by atoms with Crippen molar-refractivity contribution in [2.75, 3.05) is 6.61 Å². The molecule has 0 saturated carbocycles. The topological polar surface area (TPSA) is 85.0 Å². The van der Waals surface area contributed by atoms with Gasteiger partial charge in [-0.15, -0.1) is 0 Å². The summed E-state index contributed by atoms with van der Waals surface area (Å²) in [5.74, 6) is 0.177. The molecule has 2 aromatic rings. The first-order valence-corrected chi connectivity index (χ1v) is 7.25. The van der Waals surface area contributed by atoms with Crippen LogP contribution in [0.25, 0.3) is 0 Å². The maximum Gasteiger partial charge on any atom is 0.312 e. The van der Waals surface area contributed by atoms with Gasteiger partial charge in [-0.1, -0.05) is 28.1 Å². The Hall–Kier alpha value is -2.41. The van der Waals surface area contributed by atoms with Crippen molar-refractivity contribution in [3.05, 3.63) is 56.5 Å². The van der Waals surface area contributed by atoms with E-state index in [2.05, 4.69) is 20.9 Å². The predicted octanol–water partition coefficient (Wildman–Crippen LogP) is 4.21. The average molecular weight is 365 g/mol. The molecule has 0 aromatic heterocycles. The van der Waals surface area contributed by atoms with Crippen molar-refractivity contribution in [1.82, 2.24) is 0 Å². The fraction of sp³-hybridized carbons (Fsp3) is 0.133. The van der Waals surface area contributed by atoms with Gasteiger partial charge in [0, 0.05) is 22.3 Å². The van der Waals surface area contributed by atoms with E-state index in [-0.39, 0.29) is 11.3 Å². The molecule has 0 radical (unpaired) electrons. The molecule has 0 heterocycles. The summed E-state index contributed by atoms with van der Waals surface area (Å²) in [5, 5.41) is 20.8. The second kappa shape index (κ2) is 7.04. The maximum atomic E-state index is 10.9. The van der Waals surface area contributed by atoms with Gasteiger partial charge in [0.25, 0.3) is 0 Å². The van der Waals surface area contributed by atoms with E-state index >= 15 is 0 Å². The highest BCUT2D eigenvalue weighted by Gasteiger charge is 2.17. The molecule has 0 aliphatic carbocycles.